The molecule has 104 valence electrons. The molecule has 1 atom stereocenters. The van der Waals surface area contributed by atoms with E-state index < -0.39 is 0 Å². The number of nitriles is 1. The largest absolute Gasteiger partial charge is 0.338 e. The Morgan fingerprint density at radius 2 is 2.11 bits per heavy atom. The Bertz CT molecular complexity index is 445. The van der Waals surface area contributed by atoms with Gasteiger partial charge >= 0.3 is 0 Å². The number of piperidine rings is 1. The summed E-state index contributed by atoms with van der Waals surface area (Å²) in [4.78, 5) is 6.67. The zero-order valence-electron chi connectivity index (χ0n) is 11.9. The fraction of sp³-hybridized carbons (Fsp3) is 0.786. The van der Waals surface area contributed by atoms with Gasteiger partial charge in [-0.05, 0) is 36.3 Å². The van der Waals surface area contributed by atoms with E-state index in [0.29, 0.717) is 24.7 Å². The van der Waals surface area contributed by atoms with Crippen LogP contribution in [0.5, 0.6) is 0 Å². The highest BCUT2D eigenvalue weighted by Gasteiger charge is 2.26. The molecule has 0 saturated carbocycles. The zero-order valence-corrected chi connectivity index (χ0v) is 11.9. The molecule has 0 aliphatic carbocycles. The van der Waals surface area contributed by atoms with Gasteiger partial charge in [-0.25, -0.2) is 0 Å². The second-order valence-corrected chi connectivity index (χ2v) is 5.71. The van der Waals surface area contributed by atoms with Gasteiger partial charge in [-0.15, -0.1) is 0 Å². The summed E-state index contributed by atoms with van der Waals surface area (Å²) in [6.45, 7) is 6.23. The molecule has 19 heavy (non-hydrogen) atoms. The van der Waals surface area contributed by atoms with Crippen LogP contribution in [0.4, 0.5) is 5.95 Å². The van der Waals surface area contributed by atoms with Crippen LogP contribution in [0.2, 0.25) is 0 Å². The molecule has 0 aromatic carbocycles. The van der Waals surface area contributed by atoms with E-state index in [1.165, 1.54) is 19.3 Å². The Kier molecular flexibility index (Phi) is 4.41. The van der Waals surface area contributed by atoms with Crippen LogP contribution in [0.3, 0.4) is 0 Å². The van der Waals surface area contributed by atoms with E-state index in [2.05, 4.69) is 35.0 Å². The fourth-order valence-corrected chi connectivity index (χ4v) is 2.41. The summed E-state index contributed by atoms with van der Waals surface area (Å²) in [5.74, 6) is 1.37. The highest BCUT2D eigenvalue weighted by molar-refractivity contribution is 5.28. The molecule has 5 heteroatoms. The highest BCUT2D eigenvalue weighted by atomic mass is 16.5. The summed E-state index contributed by atoms with van der Waals surface area (Å²) in [5, 5.41) is 13.0. The molecular weight excluding hydrogens is 240 g/mol. The molecule has 0 bridgehead atoms. The average molecular weight is 262 g/mol. The molecule has 0 N–H and O–H groups in total. The molecule has 5 nitrogen and oxygen atoms in total. The second-order valence-electron chi connectivity index (χ2n) is 5.71. The molecule has 0 radical (unpaired) electrons. The number of hydrogen-bond donors (Lipinski definition) is 0. The van der Waals surface area contributed by atoms with E-state index in [9.17, 15) is 0 Å². The topological polar surface area (TPSA) is 66.0 Å². The third kappa shape index (κ3) is 3.46. The highest BCUT2D eigenvalue weighted by Crippen LogP contribution is 2.30. The zero-order chi connectivity index (χ0) is 13.7. The number of anilines is 1. The fourth-order valence-electron chi connectivity index (χ4n) is 2.41. The maximum atomic E-state index is 8.90. The van der Waals surface area contributed by atoms with Crippen molar-refractivity contribution in [1.29, 1.82) is 5.26 Å². The maximum Gasteiger partial charge on any atom is 0.266 e. The molecule has 1 aliphatic heterocycles. The van der Waals surface area contributed by atoms with Crippen molar-refractivity contribution < 1.29 is 4.52 Å². The van der Waals surface area contributed by atoms with Gasteiger partial charge in [-0.2, -0.15) is 10.2 Å². The summed E-state index contributed by atoms with van der Waals surface area (Å²) in [5.41, 5.74) is -0.0690. The van der Waals surface area contributed by atoms with Gasteiger partial charge in [-0.3, -0.25) is 0 Å². The van der Waals surface area contributed by atoms with Crippen molar-refractivity contribution in [2.45, 2.75) is 52.4 Å². The van der Waals surface area contributed by atoms with E-state index in [-0.39, 0.29) is 5.41 Å². The summed E-state index contributed by atoms with van der Waals surface area (Å²) in [6.07, 6.45) is 5.82. The van der Waals surface area contributed by atoms with Crippen molar-refractivity contribution in [3.8, 4) is 6.07 Å². The summed E-state index contributed by atoms with van der Waals surface area (Å²) in [6, 6.07) is 2.25. The molecule has 1 aliphatic rings. The third-order valence-corrected chi connectivity index (χ3v) is 4.03. The van der Waals surface area contributed by atoms with Crippen LogP contribution in [-0.4, -0.2) is 23.2 Å². The maximum absolute atomic E-state index is 8.90. The van der Waals surface area contributed by atoms with Gasteiger partial charge in [0.2, 0.25) is 5.89 Å². The van der Waals surface area contributed by atoms with Gasteiger partial charge in [-0.1, -0.05) is 13.8 Å². The van der Waals surface area contributed by atoms with Gasteiger partial charge in [0.15, 0.2) is 0 Å². The van der Waals surface area contributed by atoms with Crippen LogP contribution in [0.1, 0.15) is 51.8 Å². The Labute approximate surface area is 114 Å². The third-order valence-electron chi connectivity index (χ3n) is 4.03. The molecule has 2 heterocycles. The van der Waals surface area contributed by atoms with Crippen molar-refractivity contribution in [2.24, 2.45) is 5.41 Å². The summed E-state index contributed by atoms with van der Waals surface area (Å²) in [7, 11) is 0. The molecule has 1 saturated heterocycles. The van der Waals surface area contributed by atoms with Gasteiger partial charge in [0.05, 0.1) is 6.07 Å². The number of nitrogens with zero attached hydrogens (tertiary/aromatic N) is 4. The Hall–Kier alpha value is -1.57. The van der Waals surface area contributed by atoms with Crippen molar-refractivity contribution in [1.82, 2.24) is 10.1 Å². The normalized spacial score (nSPS) is 18.9. The van der Waals surface area contributed by atoms with Gasteiger partial charge < -0.3 is 9.42 Å². The first-order chi connectivity index (χ1) is 9.17. The first kappa shape index (κ1) is 13.9. The van der Waals surface area contributed by atoms with Crippen LogP contribution in [-0.2, 0) is 6.42 Å². The molecule has 0 spiro atoms. The van der Waals surface area contributed by atoms with Gasteiger partial charge in [0.1, 0.15) is 0 Å². The molecule has 1 aromatic heterocycles. The van der Waals surface area contributed by atoms with E-state index >= 15 is 0 Å². The van der Waals surface area contributed by atoms with Crippen LogP contribution in [0.15, 0.2) is 4.52 Å². The van der Waals surface area contributed by atoms with E-state index in [0.717, 1.165) is 19.5 Å². The van der Waals surface area contributed by atoms with Crippen molar-refractivity contribution >= 4 is 5.95 Å². The standard InChI is InChI=1S/C14H22N4O/c1-3-14(2,7-8-15)11-12-16-13(17-19-12)18-9-5-4-6-10-18/h3-7,9-11H2,1-2H3. The Balaban J connectivity index is 2.02. The first-order valence-corrected chi connectivity index (χ1v) is 7.11. The van der Waals surface area contributed by atoms with E-state index in [1.54, 1.807) is 0 Å². The predicted octanol–water partition coefficient (Wildman–Crippen LogP) is 2.93. The number of hydrogen-bond acceptors (Lipinski definition) is 5. The second kappa shape index (κ2) is 6.05. The van der Waals surface area contributed by atoms with Crippen LogP contribution in [0, 0.1) is 16.7 Å². The minimum atomic E-state index is -0.0690. The SMILES string of the molecule is CCC(C)(CC#N)Cc1nc(N2CCCCC2)no1. The first-order valence-electron chi connectivity index (χ1n) is 7.11. The Morgan fingerprint density at radius 1 is 1.37 bits per heavy atom. The smallest absolute Gasteiger partial charge is 0.266 e. The van der Waals surface area contributed by atoms with Crippen LogP contribution >= 0.6 is 0 Å². The lowest BCUT2D eigenvalue weighted by Gasteiger charge is -2.24. The predicted molar refractivity (Wildman–Crippen MR) is 72.7 cm³/mol. The van der Waals surface area contributed by atoms with Crippen LogP contribution < -0.4 is 4.90 Å². The number of rotatable bonds is 5. The minimum absolute atomic E-state index is 0.0690. The summed E-state index contributed by atoms with van der Waals surface area (Å²) >= 11 is 0. The molecule has 1 unspecified atom stereocenters. The van der Waals surface area contributed by atoms with Crippen molar-refractivity contribution in [3.63, 3.8) is 0 Å². The lowest BCUT2D eigenvalue weighted by atomic mass is 9.81. The lowest BCUT2D eigenvalue weighted by Crippen LogP contribution is -2.30. The lowest BCUT2D eigenvalue weighted by molar-refractivity contribution is 0.265. The minimum Gasteiger partial charge on any atom is -0.338 e. The molecule has 1 fully saturated rings. The van der Waals surface area contributed by atoms with Crippen molar-refractivity contribution in [2.75, 3.05) is 18.0 Å². The molecular formula is C14H22N4O. The van der Waals surface area contributed by atoms with E-state index in [4.69, 9.17) is 9.78 Å². The Morgan fingerprint density at radius 3 is 2.74 bits per heavy atom. The molecule has 0 amide bonds. The van der Waals surface area contributed by atoms with Gasteiger partial charge in [0.25, 0.3) is 5.95 Å². The monoisotopic (exact) mass is 262 g/mol. The average Bonchev–Trinajstić information content (AvgIpc) is 2.88. The van der Waals surface area contributed by atoms with Crippen molar-refractivity contribution in [3.05, 3.63) is 5.89 Å². The molecule has 2 rings (SSSR count). The van der Waals surface area contributed by atoms with Gasteiger partial charge in [0, 0.05) is 25.9 Å². The van der Waals surface area contributed by atoms with Crippen LogP contribution in [0.25, 0.3) is 0 Å². The van der Waals surface area contributed by atoms with E-state index in [1.807, 2.05) is 0 Å². The number of aromatic nitrogens is 2. The molecule has 1 aromatic rings. The quantitative estimate of drug-likeness (QED) is 0.816. The summed E-state index contributed by atoms with van der Waals surface area (Å²) < 4.78 is 5.35.